The lowest BCUT2D eigenvalue weighted by Crippen LogP contribution is -2.29. The Morgan fingerprint density at radius 3 is 2.35 bits per heavy atom. The Kier molecular flexibility index (Phi) is 5.78. The minimum absolute atomic E-state index is 0.104. The molecule has 0 unspecified atom stereocenters. The molecule has 0 bridgehead atoms. The number of carbonyl (C=O) groups is 1. The van der Waals surface area contributed by atoms with Crippen molar-refractivity contribution in [1.29, 1.82) is 0 Å². The lowest BCUT2D eigenvalue weighted by molar-refractivity contribution is -0.122. The molecule has 2 heterocycles. The zero-order valence-corrected chi connectivity index (χ0v) is 18.6. The second-order valence-electron chi connectivity index (χ2n) is 7.89. The minimum Gasteiger partial charge on any atom is -0.346 e. The van der Waals surface area contributed by atoms with Gasteiger partial charge in [0.15, 0.2) is 0 Å². The summed E-state index contributed by atoms with van der Waals surface area (Å²) in [4.78, 5) is 32.5. The normalized spacial score (nSPS) is 11.2. The van der Waals surface area contributed by atoms with Gasteiger partial charge in [-0.05, 0) is 36.2 Å². The smallest absolute Gasteiger partial charge is 0.326 e. The maximum atomic E-state index is 13.2. The molecule has 5 rings (SSSR count). The first-order valence-electron chi connectivity index (χ1n) is 11.1. The predicted octanol–water partition coefficient (Wildman–Crippen LogP) is 3.85. The van der Waals surface area contributed by atoms with E-state index in [2.05, 4.69) is 20.4 Å². The van der Waals surface area contributed by atoms with Crippen molar-refractivity contribution in [3.8, 4) is 11.4 Å². The third-order valence-electron chi connectivity index (χ3n) is 5.76. The van der Waals surface area contributed by atoms with Gasteiger partial charge in [0.25, 0.3) is 0 Å². The van der Waals surface area contributed by atoms with Gasteiger partial charge >= 0.3 is 5.69 Å². The van der Waals surface area contributed by atoms with Crippen molar-refractivity contribution in [2.45, 2.75) is 25.9 Å². The van der Waals surface area contributed by atoms with Crippen molar-refractivity contribution < 1.29 is 9.32 Å². The Balaban J connectivity index is 1.34. The summed E-state index contributed by atoms with van der Waals surface area (Å²) in [6.45, 7) is 2.60. The van der Waals surface area contributed by atoms with Crippen LogP contribution in [-0.2, 0) is 17.9 Å². The number of nitrogens with one attached hydrogen (secondary N) is 2. The fourth-order valence-electron chi connectivity index (χ4n) is 4.11. The lowest BCUT2D eigenvalue weighted by Gasteiger charge is -2.17. The van der Waals surface area contributed by atoms with Crippen LogP contribution in [0.25, 0.3) is 22.4 Å². The first-order chi connectivity index (χ1) is 16.6. The highest BCUT2D eigenvalue weighted by molar-refractivity contribution is 5.87. The van der Waals surface area contributed by atoms with Crippen LogP contribution in [0.3, 0.4) is 0 Å². The number of amides is 1. The fraction of sp³-hybridized carbons (Fsp3) is 0.154. The van der Waals surface area contributed by atoms with E-state index in [0.717, 1.165) is 16.6 Å². The summed E-state index contributed by atoms with van der Waals surface area (Å²) in [6.07, 6.45) is 0. The molecular weight excluding hydrogens is 430 g/mol. The molecule has 8 nitrogen and oxygen atoms in total. The van der Waals surface area contributed by atoms with E-state index in [-0.39, 0.29) is 18.1 Å². The van der Waals surface area contributed by atoms with Crippen LogP contribution in [0, 0.1) is 0 Å². The summed E-state index contributed by atoms with van der Waals surface area (Å²) in [7, 11) is 0. The molecular formula is C26H23N5O3. The summed E-state index contributed by atoms with van der Waals surface area (Å²) in [5, 5.41) is 6.97. The van der Waals surface area contributed by atoms with Crippen LogP contribution in [0.5, 0.6) is 0 Å². The number of imidazole rings is 1. The van der Waals surface area contributed by atoms with Gasteiger partial charge in [0.1, 0.15) is 0 Å². The number of aromatic amines is 1. The zero-order valence-electron chi connectivity index (χ0n) is 18.6. The highest BCUT2D eigenvalue weighted by Crippen LogP contribution is 2.25. The Morgan fingerprint density at radius 2 is 1.71 bits per heavy atom. The zero-order chi connectivity index (χ0) is 23.5. The average Bonchev–Trinajstić information content (AvgIpc) is 3.47. The second-order valence-corrected chi connectivity index (χ2v) is 7.89. The van der Waals surface area contributed by atoms with Gasteiger partial charge in [0.2, 0.25) is 17.6 Å². The van der Waals surface area contributed by atoms with E-state index in [0.29, 0.717) is 29.3 Å². The topological polar surface area (TPSA) is 106 Å². The summed E-state index contributed by atoms with van der Waals surface area (Å²) in [5.41, 5.74) is 3.89. The van der Waals surface area contributed by atoms with Crippen LogP contribution >= 0.6 is 0 Å². The van der Waals surface area contributed by atoms with E-state index in [4.69, 9.17) is 4.52 Å². The fourth-order valence-corrected chi connectivity index (χ4v) is 4.11. The summed E-state index contributed by atoms with van der Waals surface area (Å²) >= 11 is 0. The largest absolute Gasteiger partial charge is 0.346 e. The Hall–Kier alpha value is -4.46. The van der Waals surface area contributed by atoms with Gasteiger partial charge in [-0.2, -0.15) is 4.98 Å². The van der Waals surface area contributed by atoms with Gasteiger partial charge in [0.05, 0.1) is 23.5 Å². The molecule has 8 heteroatoms. The predicted molar refractivity (Wildman–Crippen MR) is 128 cm³/mol. The molecule has 0 saturated carbocycles. The van der Waals surface area contributed by atoms with E-state index in [1.54, 1.807) is 4.57 Å². The molecule has 0 spiro atoms. The van der Waals surface area contributed by atoms with Crippen molar-refractivity contribution in [2.24, 2.45) is 0 Å². The molecule has 1 amide bonds. The molecule has 3 aromatic carbocycles. The van der Waals surface area contributed by atoms with Crippen LogP contribution in [0.1, 0.15) is 29.9 Å². The standard InChI is InChI=1S/C26H23N5O3/c1-2-31-21-14-13-19(15-20(21)28-26(31)33)24-29-22(34-30-24)16-27-25(32)23(17-9-5-3-6-10-17)18-11-7-4-8-12-18/h3-15,23H,2,16H2,1H3,(H,27,32)(H,28,33). The van der Waals surface area contributed by atoms with Gasteiger partial charge in [-0.15, -0.1) is 0 Å². The summed E-state index contributed by atoms with van der Waals surface area (Å²) < 4.78 is 7.03. The molecule has 0 fully saturated rings. The summed E-state index contributed by atoms with van der Waals surface area (Å²) in [5.74, 6) is 0.0746. The molecule has 170 valence electrons. The molecule has 0 aliphatic rings. The van der Waals surface area contributed by atoms with Crippen LogP contribution in [0.15, 0.2) is 88.2 Å². The van der Waals surface area contributed by atoms with E-state index >= 15 is 0 Å². The van der Waals surface area contributed by atoms with Gasteiger partial charge in [-0.3, -0.25) is 9.36 Å². The maximum absolute atomic E-state index is 13.2. The Bertz CT molecular complexity index is 1450. The summed E-state index contributed by atoms with van der Waals surface area (Å²) in [6, 6.07) is 24.8. The molecule has 2 N–H and O–H groups in total. The number of fused-ring (bicyclic) bond motifs is 1. The number of hydrogen-bond donors (Lipinski definition) is 2. The first kappa shape index (κ1) is 21.4. The molecule has 0 aliphatic heterocycles. The van der Waals surface area contributed by atoms with Crippen molar-refractivity contribution >= 4 is 16.9 Å². The van der Waals surface area contributed by atoms with Crippen LogP contribution in [-0.4, -0.2) is 25.6 Å². The van der Waals surface area contributed by atoms with Crippen molar-refractivity contribution in [3.05, 3.63) is 106 Å². The number of aromatic nitrogens is 4. The van der Waals surface area contributed by atoms with Gasteiger partial charge < -0.3 is 14.8 Å². The highest BCUT2D eigenvalue weighted by Gasteiger charge is 2.23. The quantitative estimate of drug-likeness (QED) is 0.389. The number of rotatable bonds is 7. The number of H-pyrrole nitrogens is 1. The van der Waals surface area contributed by atoms with Crippen LogP contribution in [0.2, 0.25) is 0 Å². The molecule has 0 radical (unpaired) electrons. The van der Waals surface area contributed by atoms with E-state index in [9.17, 15) is 9.59 Å². The minimum atomic E-state index is -0.452. The van der Waals surface area contributed by atoms with Crippen molar-refractivity contribution in [3.63, 3.8) is 0 Å². The molecule has 0 atom stereocenters. The molecule has 5 aromatic rings. The van der Waals surface area contributed by atoms with Gasteiger partial charge in [-0.25, -0.2) is 4.79 Å². The van der Waals surface area contributed by atoms with E-state index < -0.39 is 5.92 Å². The van der Waals surface area contributed by atoms with Crippen molar-refractivity contribution in [1.82, 2.24) is 25.0 Å². The third kappa shape index (κ3) is 4.13. The lowest BCUT2D eigenvalue weighted by atomic mass is 9.90. The Morgan fingerprint density at radius 1 is 1.03 bits per heavy atom. The third-order valence-corrected chi connectivity index (χ3v) is 5.76. The number of nitrogens with zero attached hydrogens (tertiary/aromatic N) is 3. The number of carbonyl (C=O) groups excluding carboxylic acids is 1. The molecule has 2 aromatic heterocycles. The molecule has 0 saturated heterocycles. The average molecular weight is 454 g/mol. The van der Waals surface area contributed by atoms with Gasteiger partial charge in [0, 0.05) is 12.1 Å². The van der Waals surface area contributed by atoms with Crippen LogP contribution < -0.4 is 11.0 Å². The highest BCUT2D eigenvalue weighted by atomic mass is 16.5. The van der Waals surface area contributed by atoms with Gasteiger partial charge in [-0.1, -0.05) is 65.8 Å². The molecule has 34 heavy (non-hydrogen) atoms. The SMILES string of the molecule is CCn1c(=O)[nH]c2cc(-c3noc(CNC(=O)C(c4ccccc4)c4ccccc4)n3)ccc21. The first-order valence-corrected chi connectivity index (χ1v) is 11.1. The monoisotopic (exact) mass is 453 g/mol. The number of aryl methyl sites for hydroxylation is 1. The molecule has 0 aliphatic carbocycles. The van der Waals surface area contributed by atoms with Crippen LogP contribution in [0.4, 0.5) is 0 Å². The maximum Gasteiger partial charge on any atom is 0.326 e. The Labute approximate surface area is 195 Å². The number of benzene rings is 3. The number of hydrogen-bond acceptors (Lipinski definition) is 5. The van der Waals surface area contributed by atoms with E-state index in [1.165, 1.54) is 0 Å². The van der Waals surface area contributed by atoms with Crippen molar-refractivity contribution in [2.75, 3.05) is 0 Å². The second kappa shape index (κ2) is 9.19. The van der Waals surface area contributed by atoms with E-state index in [1.807, 2.05) is 85.8 Å².